The maximum Gasteiger partial charge on any atom is 0.358 e. The third kappa shape index (κ3) is 2.91. The SMILES string of the molecule is CCOC(=O)c1nc(-c2ccc(C)cc2)cc(N)c1Cl. The smallest absolute Gasteiger partial charge is 0.358 e. The van der Waals surface area contributed by atoms with Crippen molar-refractivity contribution < 1.29 is 9.53 Å². The first kappa shape index (κ1) is 14.3. The Morgan fingerprint density at radius 2 is 2.00 bits per heavy atom. The van der Waals surface area contributed by atoms with Crippen LogP contribution in [0, 0.1) is 6.92 Å². The molecule has 0 aliphatic heterocycles. The number of pyridine rings is 1. The standard InChI is InChI=1S/C15H15ClN2O2/c1-3-20-15(19)14-13(16)11(17)8-12(18-14)10-6-4-9(2)5-7-10/h4-8H,3H2,1-2H3,(H2,17,18). The maximum absolute atomic E-state index is 11.8. The van der Waals surface area contributed by atoms with E-state index < -0.39 is 5.97 Å². The molecule has 1 heterocycles. The number of nitrogens with two attached hydrogens (primary N) is 1. The molecule has 0 fully saturated rings. The van der Waals surface area contributed by atoms with Crippen molar-refractivity contribution in [3.05, 3.63) is 46.6 Å². The van der Waals surface area contributed by atoms with Gasteiger partial charge in [0.15, 0.2) is 5.69 Å². The molecule has 20 heavy (non-hydrogen) atoms. The maximum atomic E-state index is 11.8. The van der Waals surface area contributed by atoms with Gasteiger partial charge in [0.05, 0.1) is 23.0 Å². The molecule has 1 aromatic heterocycles. The number of carbonyl (C=O) groups excluding carboxylic acids is 1. The van der Waals surface area contributed by atoms with E-state index in [1.54, 1.807) is 13.0 Å². The number of anilines is 1. The van der Waals surface area contributed by atoms with Gasteiger partial charge in [0, 0.05) is 5.56 Å². The molecule has 1 aromatic carbocycles. The van der Waals surface area contributed by atoms with Crippen LogP contribution >= 0.6 is 11.6 Å². The number of esters is 1. The van der Waals surface area contributed by atoms with Crippen LogP contribution in [0.15, 0.2) is 30.3 Å². The highest BCUT2D eigenvalue weighted by Crippen LogP contribution is 2.28. The molecule has 0 aliphatic rings. The zero-order valence-electron chi connectivity index (χ0n) is 11.3. The van der Waals surface area contributed by atoms with Crippen molar-refractivity contribution in [1.82, 2.24) is 4.98 Å². The lowest BCUT2D eigenvalue weighted by molar-refractivity contribution is 0.0520. The Bertz CT molecular complexity index is 639. The summed E-state index contributed by atoms with van der Waals surface area (Å²) < 4.78 is 4.93. The van der Waals surface area contributed by atoms with Crippen molar-refractivity contribution in [2.45, 2.75) is 13.8 Å². The van der Waals surface area contributed by atoms with E-state index in [0.717, 1.165) is 11.1 Å². The summed E-state index contributed by atoms with van der Waals surface area (Å²) in [4.78, 5) is 16.1. The summed E-state index contributed by atoms with van der Waals surface area (Å²) in [6, 6.07) is 9.41. The third-order valence-electron chi connectivity index (χ3n) is 2.80. The summed E-state index contributed by atoms with van der Waals surface area (Å²) in [5.41, 5.74) is 8.79. The number of ether oxygens (including phenoxy) is 1. The molecule has 0 aliphatic carbocycles. The fraction of sp³-hybridized carbons (Fsp3) is 0.200. The number of rotatable bonds is 3. The number of halogens is 1. The normalized spacial score (nSPS) is 10.3. The van der Waals surface area contributed by atoms with Crippen LogP contribution in [0.2, 0.25) is 5.02 Å². The molecule has 0 saturated heterocycles. The molecule has 0 spiro atoms. The molecule has 0 unspecified atom stereocenters. The number of aromatic nitrogens is 1. The minimum atomic E-state index is -0.571. The monoisotopic (exact) mass is 290 g/mol. The van der Waals surface area contributed by atoms with Gasteiger partial charge in [-0.2, -0.15) is 0 Å². The van der Waals surface area contributed by atoms with Crippen LogP contribution in [0.3, 0.4) is 0 Å². The van der Waals surface area contributed by atoms with E-state index in [2.05, 4.69) is 4.98 Å². The van der Waals surface area contributed by atoms with Gasteiger partial charge in [0.1, 0.15) is 0 Å². The Morgan fingerprint density at radius 3 is 2.60 bits per heavy atom. The van der Waals surface area contributed by atoms with Gasteiger partial charge in [0.2, 0.25) is 0 Å². The number of aryl methyl sites for hydroxylation is 1. The van der Waals surface area contributed by atoms with Crippen molar-refractivity contribution in [2.75, 3.05) is 12.3 Å². The number of hydrogen-bond acceptors (Lipinski definition) is 4. The first-order valence-corrected chi connectivity index (χ1v) is 6.61. The van der Waals surface area contributed by atoms with E-state index in [-0.39, 0.29) is 17.3 Å². The molecule has 0 bridgehead atoms. The quantitative estimate of drug-likeness (QED) is 0.879. The van der Waals surface area contributed by atoms with Crippen LogP contribution in [0.5, 0.6) is 0 Å². The summed E-state index contributed by atoms with van der Waals surface area (Å²) in [6.07, 6.45) is 0. The summed E-state index contributed by atoms with van der Waals surface area (Å²) >= 11 is 6.02. The van der Waals surface area contributed by atoms with Crippen molar-refractivity contribution in [3.63, 3.8) is 0 Å². The van der Waals surface area contributed by atoms with Gasteiger partial charge in [-0.25, -0.2) is 9.78 Å². The zero-order valence-corrected chi connectivity index (χ0v) is 12.1. The average Bonchev–Trinajstić information content (AvgIpc) is 2.43. The Labute approximate surface area is 122 Å². The summed E-state index contributed by atoms with van der Waals surface area (Å²) in [5.74, 6) is -0.571. The van der Waals surface area contributed by atoms with E-state index >= 15 is 0 Å². The molecule has 4 nitrogen and oxygen atoms in total. The van der Waals surface area contributed by atoms with Crippen LogP contribution in [-0.2, 0) is 4.74 Å². The predicted octanol–water partition coefficient (Wildman–Crippen LogP) is 3.47. The topological polar surface area (TPSA) is 65.2 Å². The summed E-state index contributed by atoms with van der Waals surface area (Å²) in [7, 11) is 0. The van der Waals surface area contributed by atoms with Crippen LogP contribution < -0.4 is 5.73 Å². The predicted molar refractivity (Wildman–Crippen MR) is 79.8 cm³/mol. The Hall–Kier alpha value is -2.07. The van der Waals surface area contributed by atoms with Gasteiger partial charge in [-0.1, -0.05) is 41.4 Å². The van der Waals surface area contributed by atoms with Crippen LogP contribution in [0.1, 0.15) is 23.0 Å². The van der Waals surface area contributed by atoms with E-state index in [4.69, 9.17) is 22.1 Å². The van der Waals surface area contributed by atoms with Crippen LogP contribution in [0.25, 0.3) is 11.3 Å². The Balaban J connectivity index is 2.50. The highest BCUT2D eigenvalue weighted by molar-refractivity contribution is 6.35. The number of benzene rings is 1. The molecular formula is C15H15ClN2O2. The molecule has 2 N–H and O–H groups in total. The molecule has 2 aromatic rings. The Kier molecular flexibility index (Phi) is 4.25. The lowest BCUT2D eigenvalue weighted by Gasteiger charge is -2.09. The van der Waals surface area contributed by atoms with Crippen LogP contribution in [-0.4, -0.2) is 17.6 Å². The molecule has 5 heteroatoms. The average molecular weight is 291 g/mol. The largest absolute Gasteiger partial charge is 0.461 e. The second-order valence-electron chi connectivity index (χ2n) is 4.35. The number of carbonyl (C=O) groups is 1. The molecule has 2 rings (SSSR count). The van der Waals surface area contributed by atoms with E-state index in [0.29, 0.717) is 11.4 Å². The third-order valence-corrected chi connectivity index (χ3v) is 3.20. The lowest BCUT2D eigenvalue weighted by Crippen LogP contribution is -2.10. The van der Waals surface area contributed by atoms with Crippen molar-refractivity contribution in [3.8, 4) is 11.3 Å². The number of nitrogen functional groups attached to an aromatic ring is 1. The van der Waals surface area contributed by atoms with Gasteiger partial charge in [0.25, 0.3) is 0 Å². The second-order valence-corrected chi connectivity index (χ2v) is 4.72. The van der Waals surface area contributed by atoms with Gasteiger partial charge in [-0.3, -0.25) is 0 Å². The van der Waals surface area contributed by atoms with E-state index in [9.17, 15) is 4.79 Å². The van der Waals surface area contributed by atoms with Gasteiger partial charge in [-0.05, 0) is 19.9 Å². The molecule has 0 saturated carbocycles. The Morgan fingerprint density at radius 1 is 1.35 bits per heavy atom. The molecule has 0 radical (unpaired) electrons. The lowest BCUT2D eigenvalue weighted by atomic mass is 10.1. The molecule has 0 atom stereocenters. The van der Waals surface area contributed by atoms with Gasteiger partial charge in [-0.15, -0.1) is 0 Å². The minimum absolute atomic E-state index is 0.0455. The first-order chi connectivity index (χ1) is 9.52. The summed E-state index contributed by atoms with van der Waals surface area (Å²) in [6.45, 7) is 3.97. The zero-order chi connectivity index (χ0) is 14.7. The fourth-order valence-corrected chi connectivity index (χ4v) is 1.93. The van der Waals surface area contributed by atoms with E-state index in [1.165, 1.54) is 0 Å². The highest BCUT2D eigenvalue weighted by Gasteiger charge is 2.17. The minimum Gasteiger partial charge on any atom is -0.461 e. The van der Waals surface area contributed by atoms with Crippen molar-refractivity contribution >= 4 is 23.3 Å². The second kappa shape index (κ2) is 5.92. The van der Waals surface area contributed by atoms with Crippen molar-refractivity contribution in [1.29, 1.82) is 0 Å². The number of hydrogen-bond donors (Lipinski definition) is 1. The summed E-state index contributed by atoms with van der Waals surface area (Å²) in [5, 5.41) is 0.124. The molecule has 104 valence electrons. The van der Waals surface area contributed by atoms with E-state index in [1.807, 2.05) is 31.2 Å². The molecular weight excluding hydrogens is 276 g/mol. The molecule has 0 amide bonds. The first-order valence-electron chi connectivity index (χ1n) is 6.23. The number of nitrogens with zero attached hydrogens (tertiary/aromatic N) is 1. The van der Waals surface area contributed by atoms with Crippen LogP contribution in [0.4, 0.5) is 5.69 Å². The van der Waals surface area contributed by atoms with Gasteiger partial charge < -0.3 is 10.5 Å². The van der Waals surface area contributed by atoms with Crippen molar-refractivity contribution in [2.24, 2.45) is 0 Å². The fourth-order valence-electron chi connectivity index (χ4n) is 1.76. The van der Waals surface area contributed by atoms with Gasteiger partial charge >= 0.3 is 5.97 Å². The highest BCUT2D eigenvalue weighted by atomic mass is 35.5.